The van der Waals surface area contributed by atoms with Crippen LogP contribution in [0.3, 0.4) is 0 Å². The molecule has 1 aliphatic rings. The van der Waals surface area contributed by atoms with Gasteiger partial charge in [-0.2, -0.15) is 0 Å². The van der Waals surface area contributed by atoms with E-state index in [9.17, 15) is 4.79 Å². The van der Waals surface area contributed by atoms with Gasteiger partial charge in [0.05, 0.1) is 26.4 Å². The largest absolute Gasteiger partial charge is 0.493 e. The van der Waals surface area contributed by atoms with Crippen LogP contribution >= 0.6 is 0 Å². The smallest absolute Gasteiger partial charge is 0.317 e. The minimum Gasteiger partial charge on any atom is -0.493 e. The lowest BCUT2D eigenvalue weighted by Crippen LogP contribution is -2.48. The molecule has 1 fully saturated rings. The Bertz CT molecular complexity index is 507. The highest BCUT2D eigenvalue weighted by Crippen LogP contribution is 2.27. The average molecular weight is 308 g/mol. The molecule has 1 aliphatic heterocycles. The lowest BCUT2D eigenvalue weighted by molar-refractivity contribution is -0.00351. The molecule has 1 aromatic carbocycles. The lowest BCUT2D eigenvalue weighted by Gasteiger charge is -2.31. The number of nitrogens with zero attached hydrogens (tertiary/aromatic N) is 1. The second-order valence-corrected chi connectivity index (χ2v) is 5.20. The number of morpholine rings is 1. The number of rotatable bonds is 5. The van der Waals surface area contributed by atoms with Crippen molar-refractivity contribution in [1.82, 2.24) is 10.2 Å². The SMILES string of the molecule is CCOc1ccc(CNC(=O)N2CCOC(C)C2)cc1OC. The predicted octanol–water partition coefficient (Wildman–Crippen LogP) is 2.02. The van der Waals surface area contributed by atoms with Gasteiger partial charge < -0.3 is 24.4 Å². The molecule has 1 atom stereocenters. The molecule has 122 valence electrons. The molecule has 1 unspecified atom stereocenters. The van der Waals surface area contributed by atoms with Crippen molar-refractivity contribution in [3.8, 4) is 11.5 Å². The Balaban J connectivity index is 1.92. The average Bonchev–Trinajstić information content (AvgIpc) is 2.53. The van der Waals surface area contributed by atoms with Gasteiger partial charge in [-0.25, -0.2) is 4.79 Å². The Morgan fingerprint density at radius 1 is 1.45 bits per heavy atom. The van der Waals surface area contributed by atoms with Crippen molar-refractivity contribution in [2.75, 3.05) is 33.4 Å². The standard InChI is InChI=1S/C16H24N2O4/c1-4-21-14-6-5-13(9-15(14)20-3)10-17-16(19)18-7-8-22-12(2)11-18/h5-6,9,12H,4,7-8,10-11H2,1-3H3,(H,17,19). The summed E-state index contributed by atoms with van der Waals surface area (Å²) in [6.07, 6.45) is 0.0880. The summed E-state index contributed by atoms with van der Waals surface area (Å²) >= 11 is 0. The molecular weight excluding hydrogens is 284 g/mol. The number of carbonyl (C=O) groups is 1. The van der Waals surface area contributed by atoms with Gasteiger partial charge in [0, 0.05) is 19.6 Å². The van der Waals surface area contributed by atoms with Crippen LogP contribution in [-0.2, 0) is 11.3 Å². The van der Waals surface area contributed by atoms with Crippen molar-refractivity contribution >= 4 is 6.03 Å². The lowest BCUT2D eigenvalue weighted by atomic mass is 10.2. The summed E-state index contributed by atoms with van der Waals surface area (Å²) in [5, 5.41) is 2.93. The summed E-state index contributed by atoms with van der Waals surface area (Å²) in [5.41, 5.74) is 0.968. The first-order valence-electron chi connectivity index (χ1n) is 7.58. The van der Waals surface area contributed by atoms with Gasteiger partial charge in [0.1, 0.15) is 0 Å². The summed E-state index contributed by atoms with van der Waals surface area (Å²) in [6, 6.07) is 5.60. The van der Waals surface area contributed by atoms with Crippen molar-refractivity contribution in [2.24, 2.45) is 0 Å². The fourth-order valence-corrected chi connectivity index (χ4v) is 2.39. The number of hydrogen-bond donors (Lipinski definition) is 1. The molecular formula is C16H24N2O4. The van der Waals surface area contributed by atoms with Gasteiger partial charge in [0.2, 0.25) is 0 Å². The number of urea groups is 1. The molecule has 22 heavy (non-hydrogen) atoms. The number of ether oxygens (including phenoxy) is 3. The van der Waals surface area contributed by atoms with Crippen molar-refractivity contribution < 1.29 is 19.0 Å². The summed E-state index contributed by atoms with van der Waals surface area (Å²) < 4.78 is 16.2. The molecule has 1 aromatic rings. The van der Waals surface area contributed by atoms with Crippen LogP contribution in [0.25, 0.3) is 0 Å². The molecule has 0 radical (unpaired) electrons. The molecule has 1 saturated heterocycles. The van der Waals surface area contributed by atoms with E-state index in [4.69, 9.17) is 14.2 Å². The Morgan fingerprint density at radius 3 is 2.95 bits per heavy atom. The second-order valence-electron chi connectivity index (χ2n) is 5.20. The first kappa shape index (κ1) is 16.4. The number of carbonyl (C=O) groups excluding carboxylic acids is 1. The van der Waals surface area contributed by atoms with Gasteiger partial charge in [-0.3, -0.25) is 0 Å². The van der Waals surface area contributed by atoms with Gasteiger partial charge >= 0.3 is 6.03 Å². The molecule has 6 heteroatoms. The Morgan fingerprint density at radius 2 is 2.27 bits per heavy atom. The summed E-state index contributed by atoms with van der Waals surface area (Å²) in [5.74, 6) is 1.38. The molecule has 0 saturated carbocycles. The number of hydrogen-bond acceptors (Lipinski definition) is 4. The van der Waals surface area contributed by atoms with E-state index in [0.717, 1.165) is 5.56 Å². The molecule has 0 aliphatic carbocycles. The maximum Gasteiger partial charge on any atom is 0.317 e. The maximum atomic E-state index is 12.1. The third kappa shape index (κ3) is 4.27. The van der Waals surface area contributed by atoms with Crippen LogP contribution in [-0.4, -0.2) is 50.4 Å². The van der Waals surface area contributed by atoms with E-state index in [-0.39, 0.29) is 12.1 Å². The highest BCUT2D eigenvalue weighted by Gasteiger charge is 2.21. The molecule has 0 aromatic heterocycles. The normalized spacial score (nSPS) is 18.0. The Labute approximate surface area is 131 Å². The molecule has 0 bridgehead atoms. The minimum absolute atomic E-state index is 0.0667. The zero-order chi connectivity index (χ0) is 15.9. The molecule has 2 rings (SSSR count). The predicted molar refractivity (Wildman–Crippen MR) is 83.4 cm³/mol. The highest BCUT2D eigenvalue weighted by molar-refractivity contribution is 5.74. The third-order valence-electron chi connectivity index (χ3n) is 3.50. The zero-order valence-corrected chi connectivity index (χ0v) is 13.4. The number of amides is 2. The minimum atomic E-state index is -0.0667. The zero-order valence-electron chi connectivity index (χ0n) is 13.4. The van der Waals surface area contributed by atoms with Crippen LogP contribution in [0.15, 0.2) is 18.2 Å². The summed E-state index contributed by atoms with van der Waals surface area (Å²) in [4.78, 5) is 13.9. The van der Waals surface area contributed by atoms with Gasteiger partial charge in [-0.05, 0) is 31.5 Å². The maximum absolute atomic E-state index is 12.1. The van der Waals surface area contributed by atoms with Crippen LogP contribution < -0.4 is 14.8 Å². The highest BCUT2D eigenvalue weighted by atomic mass is 16.5. The van der Waals surface area contributed by atoms with E-state index in [1.54, 1.807) is 12.0 Å². The Kier molecular flexibility index (Phi) is 5.89. The summed E-state index contributed by atoms with van der Waals surface area (Å²) in [7, 11) is 1.61. The first-order valence-corrected chi connectivity index (χ1v) is 7.58. The van der Waals surface area contributed by atoms with Crippen molar-refractivity contribution in [3.05, 3.63) is 23.8 Å². The van der Waals surface area contributed by atoms with Crippen molar-refractivity contribution in [1.29, 1.82) is 0 Å². The monoisotopic (exact) mass is 308 g/mol. The van der Waals surface area contributed by atoms with Crippen LogP contribution in [0.4, 0.5) is 4.79 Å². The fraction of sp³-hybridized carbons (Fsp3) is 0.562. The van der Waals surface area contributed by atoms with Crippen molar-refractivity contribution in [3.63, 3.8) is 0 Å². The van der Waals surface area contributed by atoms with Crippen LogP contribution in [0.5, 0.6) is 11.5 Å². The van der Waals surface area contributed by atoms with Gasteiger partial charge in [0.25, 0.3) is 0 Å². The van der Waals surface area contributed by atoms with E-state index in [0.29, 0.717) is 44.3 Å². The van der Waals surface area contributed by atoms with E-state index >= 15 is 0 Å². The van der Waals surface area contributed by atoms with E-state index < -0.39 is 0 Å². The second kappa shape index (κ2) is 7.89. The van der Waals surface area contributed by atoms with Gasteiger partial charge in [-0.15, -0.1) is 0 Å². The molecule has 2 amide bonds. The fourth-order valence-electron chi connectivity index (χ4n) is 2.39. The first-order chi connectivity index (χ1) is 10.6. The van der Waals surface area contributed by atoms with Gasteiger partial charge in [-0.1, -0.05) is 6.07 Å². The Hall–Kier alpha value is -1.95. The third-order valence-corrected chi connectivity index (χ3v) is 3.50. The molecule has 1 heterocycles. The van der Waals surface area contributed by atoms with Crippen LogP contribution in [0.1, 0.15) is 19.4 Å². The van der Waals surface area contributed by atoms with Crippen LogP contribution in [0.2, 0.25) is 0 Å². The topological polar surface area (TPSA) is 60.0 Å². The van der Waals surface area contributed by atoms with Crippen LogP contribution in [0, 0.1) is 0 Å². The summed E-state index contributed by atoms with van der Waals surface area (Å²) in [6.45, 7) is 6.77. The van der Waals surface area contributed by atoms with E-state index in [2.05, 4.69) is 5.32 Å². The molecule has 0 spiro atoms. The van der Waals surface area contributed by atoms with E-state index in [1.807, 2.05) is 32.0 Å². The van der Waals surface area contributed by atoms with E-state index in [1.165, 1.54) is 0 Å². The number of methoxy groups -OCH3 is 1. The molecule has 1 N–H and O–H groups in total. The number of nitrogens with one attached hydrogen (secondary N) is 1. The number of benzene rings is 1. The van der Waals surface area contributed by atoms with Crippen molar-refractivity contribution in [2.45, 2.75) is 26.5 Å². The molecule has 6 nitrogen and oxygen atoms in total. The van der Waals surface area contributed by atoms with Gasteiger partial charge in [0.15, 0.2) is 11.5 Å². The quantitative estimate of drug-likeness (QED) is 0.904.